The van der Waals surface area contributed by atoms with Gasteiger partial charge in [-0.1, -0.05) is 36.4 Å². The molecule has 4 rings (SSSR count). The van der Waals surface area contributed by atoms with Gasteiger partial charge in [0.05, 0.1) is 0 Å². The number of hydrogen-bond donors (Lipinski definition) is 3. The Labute approximate surface area is 167 Å². The number of nitrogens with zero attached hydrogens (tertiary/aromatic N) is 2. The number of carbonyl (C=O) groups excluding carboxylic acids is 2. The van der Waals surface area contributed by atoms with E-state index in [1.165, 1.54) is 0 Å². The summed E-state index contributed by atoms with van der Waals surface area (Å²) in [6, 6.07) is 15.6. The van der Waals surface area contributed by atoms with Gasteiger partial charge in [0.1, 0.15) is 0 Å². The van der Waals surface area contributed by atoms with Crippen LogP contribution in [0.4, 0.5) is 0 Å². The molecule has 7 nitrogen and oxygen atoms in total. The molecule has 3 aromatic carbocycles. The number of phenols is 3. The largest absolute Gasteiger partial charge is 0.504 e. The van der Waals surface area contributed by atoms with Gasteiger partial charge in [0, 0.05) is 37.3 Å². The van der Waals surface area contributed by atoms with Crippen LogP contribution in [-0.2, 0) is 0 Å². The summed E-state index contributed by atoms with van der Waals surface area (Å²) < 4.78 is 0. The molecule has 3 aromatic rings. The fourth-order valence-electron chi connectivity index (χ4n) is 3.61. The quantitative estimate of drug-likeness (QED) is 0.582. The van der Waals surface area contributed by atoms with E-state index >= 15 is 0 Å². The van der Waals surface area contributed by atoms with Crippen LogP contribution in [0.25, 0.3) is 10.8 Å². The maximum Gasteiger partial charge on any atom is 0.254 e. The van der Waals surface area contributed by atoms with Crippen molar-refractivity contribution < 1.29 is 24.9 Å². The van der Waals surface area contributed by atoms with Crippen LogP contribution in [0.1, 0.15) is 20.7 Å². The normalized spacial score (nSPS) is 14.2. The Morgan fingerprint density at radius 2 is 1.28 bits per heavy atom. The molecule has 0 saturated carbocycles. The average molecular weight is 392 g/mol. The van der Waals surface area contributed by atoms with Crippen LogP contribution in [-0.4, -0.2) is 63.1 Å². The van der Waals surface area contributed by atoms with Crippen LogP contribution in [0.2, 0.25) is 0 Å². The molecular formula is C22H20N2O5. The summed E-state index contributed by atoms with van der Waals surface area (Å²) in [5.74, 6) is -2.23. The Kier molecular flexibility index (Phi) is 4.72. The van der Waals surface area contributed by atoms with Crippen LogP contribution in [0, 0.1) is 0 Å². The molecule has 0 unspecified atom stereocenters. The molecule has 7 heteroatoms. The SMILES string of the molecule is O=C(c1cc(O)c(O)c(O)c1)N1CCN(C(=O)c2cccc3ccccc23)CC1. The third kappa shape index (κ3) is 3.42. The predicted molar refractivity (Wildman–Crippen MR) is 107 cm³/mol. The summed E-state index contributed by atoms with van der Waals surface area (Å²) in [5.41, 5.74) is 0.711. The number of phenolic OH excluding ortho intramolecular Hbond substituents is 3. The van der Waals surface area contributed by atoms with Gasteiger partial charge < -0.3 is 25.1 Å². The maximum atomic E-state index is 13.0. The van der Waals surface area contributed by atoms with E-state index in [1.54, 1.807) is 9.80 Å². The van der Waals surface area contributed by atoms with Crippen molar-refractivity contribution in [2.75, 3.05) is 26.2 Å². The molecule has 1 aliphatic heterocycles. The van der Waals surface area contributed by atoms with Crippen LogP contribution < -0.4 is 0 Å². The number of rotatable bonds is 2. The second-order valence-corrected chi connectivity index (χ2v) is 6.97. The van der Waals surface area contributed by atoms with E-state index in [-0.39, 0.29) is 17.4 Å². The first-order valence-corrected chi connectivity index (χ1v) is 9.27. The van der Waals surface area contributed by atoms with E-state index in [0.717, 1.165) is 22.9 Å². The third-order valence-electron chi connectivity index (χ3n) is 5.19. The number of fused-ring (bicyclic) bond motifs is 1. The molecule has 0 aliphatic carbocycles. The van der Waals surface area contributed by atoms with Crippen molar-refractivity contribution in [3.63, 3.8) is 0 Å². The van der Waals surface area contributed by atoms with E-state index in [0.29, 0.717) is 31.7 Å². The van der Waals surface area contributed by atoms with Crippen LogP contribution in [0.5, 0.6) is 17.2 Å². The molecule has 0 bridgehead atoms. The fourth-order valence-corrected chi connectivity index (χ4v) is 3.61. The molecule has 3 N–H and O–H groups in total. The second-order valence-electron chi connectivity index (χ2n) is 6.97. The second kappa shape index (κ2) is 7.35. The minimum Gasteiger partial charge on any atom is -0.504 e. The highest BCUT2D eigenvalue weighted by molar-refractivity contribution is 6.07. The summed E-state index contributed by atoms with van der Waals surface area (Å²) in [6.07, 6.45) is 0. The Hall–Kier alpha value is -3.74. The number of piperazine rings is 1. The first-order valence-electron chi connectivity index (χ1n) is 9.27. The number of amides is 2. The standard InChI is InChI=1S/C22H20N2O5/c25-18-12-15(13-19(26)20(18)27)21(28)23-8-10-24(11-9-23)22(29)17-7-3-5-14-4-1-2-6-16(14)17/h1-7,12-13,25-27H,8-11H2. The van der Waals surface area contributed by atoms with E-state index in [9.17, 15) is 24.9 Å². The van der Waals surface area contributed by atoms with Crippen LogP contribution in [0.15, 0.2) is 54.6 Å². The third-order valence-corrected chi connectivity index (χ3v) is 5.19. The molecule has 1 saturated heterocycles. The van der Waals surface area contributed by atoms with E-state index in [1.807, 2.05) is 42.5 Å². The van der Waals surface area contributed by atoms with Gasteiger partial charge in [-0.2, -0.15) is 0 Å². The summed E-state index contributed by atoms with van der Waals surface area (Å²) in [4.78, 5) is 28.9. The highest BCUT2D eigenvalue weighted by atomic mass is 16.3. The lowest BCUT2D eigenvalue weighted by atomic mass is 10.0. The number of aromatic hydroxyl groups is 3. The zero-order valence-corrected chi connectivity index (χ0v) is 15.6. The van der Waals surface area contributed by atoms with Gasteiger partial charge in [-0.05, 0) is 29.0 Å². The zero-order chi connectivity index (χ0) is 20.5. The maximum absolute atomic E-state index is 13.0. The topological polar surface area (TPSA) is 101 Å². The molecule has 148 valence electrons. The Morgan fingerprint density at radius 1 is 0.724 bits per heavy atom. The first kappa shape index (κ1) is 18.6. The lowest BCUT2D eigenvalue weighted by molar-refractivity contribution is 0.0536. The molecular weight excluding hydrogens is 372 g/mol. The monoisotopic (exact) mass is 392 g/mol. The Morgan fingerprint density at radius 3 is 1.93 bits per heavy atom. The molecule has 0 atom stereocenters. The molecule has 0 aromatic heterocycles. The smallest absolute Gasteiger partial charge is 0.254 e. The number of hydrogen-bond acceptors (Lipinski definition) is 5. The summed E-state index contributed by atoms with van der Waals surface area (Å²) >= 11 is 0. The van der Waals surface area contributed by atoms with Crippen molar-refractivity contribution in [2.24, 2.45) is 0 Å². The highest BCUT2D eigenvalue weighted by Crippen LogP contribution is 2.35. The Bertz CT molecular complexity index is 1080. The molecule has 29 heavy (non-hydrogen) atoms. The molecule has 0 spiro atoms. The van der Waals surface area contributed by atoms with E-state index in [4.69, 9.17) is 0 Å². The molecule has 1 aliphatic rings. The van der Waals surface area contributed by atoms with Crippen molar-refractivity contribution >= 4 is 22.6 Å². The lowest BCUT2D eigenvalue weighted by Crippen LogP contribution is -2.50. The van der Waals surface area contributed by atoms with Crippen molar-refractivity contribution in [1.29, 1.82) is 0 Å². The predicted octanol–water partition coefficient (Wildman–Crippen LogP) is 2.55. The van der Waals surface area contributed by atoms with Gasteiger partial charge in [-0.25, -0.2) is 0 Å². The number of benzene rings is 3. The van der Waals surface area contributed by atoms with Crippen LogP contribution in [0.3, 0.4) is 0 Å². The minimum absolute atomic E-state index is 0.0752. The van der Waals surface area contributed by atoms with Crippen molar-refractivity contribution in [3.8, 4) is 17.2 Å². The summed E-state index contributed by atoms with van der Waals surface area (Å²) in [7, 11) is 0. The lowest BCUT2D eigenvalue weighted by Gasteiger charge is -2.35. The van der Waals surface area contributed by atoms with Gasteiger partial charge in [0.2, 0.25) is 0 Å². The number of carbonyl (C=O) groups is 2. The molecule has 0 radical (unpaired) electrons. The van der Waals surface area contributed by atoms with Crippen molar-refractivity contribution in [2.45, 2.75) is 0 Å². The fraction of sp³-hybridized carbons (Fsp3) is 0.182. The van der Waals surface area contributed by atoms with Gasteiger partial charge in [0.15, 0.2) is 17.2 Å². The van der Waals surface area contributed by atoms with Gasteiger partial charge in [0.25, 0.3) is 11.8 Å². The van der Waals surface area contributed by atoms with Gasteiger partial charge >= 0.3 is 0 Å². The molecule has 1 fully saturated rings. The highest BCUT2D eigenvalue weighted by Gasteiger charge is 2.27. The molecule has 2 amide bonds. The van der Waals surface area contributed by atoms with Crippen molar-refractivity contribution in [1.82, 2.24) is 9.80 Å². The van der Waals surface area contributed by atoms with E-state index < -0.39 is 17.2 Å². The molecule has 1 heterocycles. The minimum atomic E-state index is -0.660. The average Bonchev–Trinajstić information content (AvgIpc) is 2.76. The first-order chi connectivity index (χ1) is 14.0. The zero-order valence-electron chi connectivity index (χ0n) is 15.6. The van der Waals surface area contributed by atoms with Crippen LogP contribution >= 0.6 is 0 Å². The van der Waals surface area contributed by atoms with Gasteiger partial charge in [-0.3, -0.25) is 9.59 Å². The summed E-state index contributed by atoms with van der Waals surface area (Å²) in [6.45, 7) is 1.42. The summed E-state index contributed by atoms with van der Waals surface area (Å²) in [5, 5.41) is 30.6. The Balaban J connectivity index is 1.48. The van der Waals surface area contributed by atoms with Gasteiger partial charge in [-0.15, -0.1) is 0 Å². The van der Waals surface area contributed by atoms with Crippen molar-refractivity contribution in [3.05, 3.63) is 65.7 Å². The van der Waals surface area contributed by atoms with E-state index in [2.05, 4.69) is 0 Å².